The fourth-order valence-electron chi connectivity index (χ4n) is 5.19. The number of halogens is 1. The van der Waals surface area contributed by atoms with E-state index >= 15 is 0 Å². The van der Waals surface area contributed by atoms with E-state index in [9.17, 15) is 14.7 Å². The van der Waals surface area contributed by atoms with Crippen LogP contribution in [-0.2, 0) is 17.8 Å². The van der Waals surface area contributed by atoms with Crippen LogP contribution in [0.15, 0.2) is 71.5 Å². The van der Waals surface area contributed by atoms with Gasteiger partial charge in [0.1, 0.15) is 5.75 Å². The number of carbonyl (C=O) groups is 2. The lowest BCUT2D eigenvalue weighted by Gasteiger charge is -2.31. The predicted molar refractivity (Wildman–Crippen MR) is 159 cm³/mol. The summed E-state index contributed by atoms with van der Waals surface area (Å²) >= 11 is 3.55. The molecular formula is C32H32BrN3O4. The molecule has 0 saturated heterocycles. The van der Waals surface area contributed by atoms with Crippen LogP contribution in [0.5, 0.6) is 5.75 Å². The Balaban J connectivity index is 1.25. The summed E-state index contributed by atoms with van der Waals surface area (Å²) in [5.41, 5.74) is 7.58. The average molecular weight is 603 g/mol. The summed E-state index contributed by atoms with van der Waals surface area (Å²) in [6.07, 6.45) is 6.68. The van der Waals surface area contributed by atoms with Crippen molar-refractivity contribution in [2.45, 2.75) is 46.1 Å². The van der Waals surface area contributed by atoms with E-state index in [1.807, 2.05) is 59.2 Å². The number of hydrogen-bond acceptors (Lipinski definition) is 4. The number of amides is 1. The zero-order valence-corrected chi connectivity index (χ0v) is 24.3. The second kappa shape index (κ2) is 12.1. The number of nitrogens with zero attached hydrogens (tertiary/aromatic N) is 3. The molecule has 0 saturated carbocycles. The van der Waals surface area contributed by atoms with Crippen molar-refractivity contribution in [2.24, 2.45) is 0 Å². The highest BCUT2D eigenvalue weighted by Crippen LogP contribution is 2.36. The van der Waals surface area contributed by atoms with E-state index in [1.165, 1.54) is 0 Å². The molecule has 206 valence electrons. The van der Waals surface area contributed by atoms with Crippen molar-refractivity contribution in [3.05, 3.63) is 99.3 Å². The molecule has 7 nitrogen and oxygen atoms in total. The highest BCUT2D eigenvalue weighted by molar-refractivity contribution is 9.10. The highest BCUT2D eigenvalue weighted by Gasteiger charge is 2.25. The smallest absolute Gasteiger partial charge is 0.335 e. The lowest BCUT2D eigenvalue weighted by molar-refractivity contribution is -0.118. The Morgan fingerprint density at radius 3 is 2.73 bits per heavy atom. The Morgan fingerprint density at radius 2 is 1.90 bits per heavy atom. The molecule has 4 aromatic rings. The maximum Gasteiger partial charge on any atom is 0.335 e. The van der Waals surface area contributed by atoms with Gasteiger partial charge in [0, 0.05) is 34.9 Å². The molecule has 3 aromatic carbocycles. The Labute approximate surface area is 242 Å². The van der Waals surface area contributed by atoms with Crippen LogP contribution < -0.4 is 9.64 Å². The second-order valence-electron chi connectivity index (χ2n) is 10.1. The van der Waals surface area contributed by atoms with Gasteiger partial charge in [0.15, 0.2) is 0 Å². The quantitative estimate of drug-likeness (QED) is 0.213. The van der Waals surface area contributed by atoms with Crippen LogP contribution in [0.4, 0.5) is 5.69 Å². The lowest BCUT2D eigenvalue weighted by Crippen LogP contribution is -2.35. The second-order valence-corrected chi connectivity index (χ2v) is 11.0. The van der Waals surface area contributed by atoms with E-state index in [2.05, 4.69) is 34.0 Å². The molecular weight excluding hydrogens is 570 g/mol. The summed E-state index contributed by atoms with van der Waals surface area (Å²) in [6.45, 7) is 5.78. The number of rotatable bonds is 9. The van der Waals surface area contributed by atoms with Crippen molar-refractivity contribution < 1.29 is 19.4 Å². The predicted octanol–water partition coefficient (Wildman–Crippen LogP) is 6.81. The van der Waals surface area contributed by atoms with Gasteiger partial charge in [-0.3, -0.25) is 9.48 Å². The van der Waals surface area contributed by atoms with Crippen molar-refractivity contribution in [3.63, 3.8) is 0 Å². The van der Waals surface area contributed by atoms with Crippen molar-refractivity contribution in [3.8, 4) is 16.9 Å². The minimum atomic E-state index is -0.944. The van der Waals surface area contributed by atoms with Gasteiger partial charge < -0.3 is 14.7 Å². The number of carboxylic acid groups (broad SMARTS) is 1. The Morgan fingerprint density at radius 1 is 1.07 bits per heavy atom. The number of hydrogen-bond donors (Lipinski definition) is 1. The summed E-state index contributed by atoms with van der Waals surface area (Å²) < 4.78 is 8.87. The van der Waals surface area contributed by atoms with Gasteiger partial charge in [0.2, 0.25) is 5.91 Å². The van der Waals surface area contributed by atoms with Crippen molar-refractivity contribution >= 4 is 33.5 Å². The number of ether oxygens (including phenoxy) is 1. The molecule has 1 aliphatic heterocycles. The van der Waals surface area contributed by atoms with Crippen LogP contribution in [-0.4, -0.2) is 39.9 Å². The van der Waals surface area contributed by atoms with Crippen LogP contribution in [0.1, 0.15) is 51.9 Å². The first kappa shape index (κ1) is 27.6. The third-order valence-electron chi connectivity index (χ3n) is 7.48. The van der Waals surface area contributed by atoms with Gasteiger partial charge in [-0.05, 0) is 91.3 Å². The molecule has 0 bridgehead atoms. The molecule has 0 fully saturated rings. The van der Waals surface area contributed by atoms with Crippen LogP contribution in [0.3, 0.4) is 0 Å². The highest BCUT2D eigenvalue weighted by atomic mass is 79.9. The third kappa shape index (κ3) is 5.97. The summed E-state index contributed by atoms with van der Waals surface area (Å²) in [5.74, 6) is 0.0241. The Hall–Kier alpha value is -3.91. The molecule has 1 amide bonds. The molecule has 2 heterocycles. The molecule has 8 heteroatoms. The number of fused-ring (bicyclic) bond motifs is 1. The fraction of sp³-hybridized carbons (Fsp3) is 0.281. The topological polar surface area (TPSA) is 84.7 Å². The van der Waals surface area contributed by atoms with Gasteiger partial charge in [-0.25, -0.2) is 4.79 Å². The van der Waals surface area contributed by atoms with E-state index in [-0.39, 0.29) is 11.5 Å². The van der Waals surface area contributed by atoms with Crippen LogP contribution in [0.2, 0.25) is 0 Å². The number of aromatic nitrogens is 2. The third-order valence-corrected chi connectivity index (χ3v) is 8.34. The Bertz CT molecular complexity index is 1560. The van der Waals surface area contributed by atoms with Gasteiger partial charge in [-0.15, -0.1) is 0 Å². The molecule has 5 rings (SSSR count). The first-order chi connectivity index (χ1) is 19.3. The van der Waals surface area contributed by atoms with Gasteiger partial charge in [0.05, 0.1) is 24.9 Å². The first-order valence-corrected chi connectivity index (χ1v) is 14.3. The zero-order valence-electron chi connectivity index (χ0n) is 22.7. The van der Waals surface area contributed by atoms with Crippen LogP contribution in [0.25, 0.3) is 11.1 Å². The summed E-state index contributed by atoms with van der Waals surface area (Å²) in [5, 5.41) is 13.8. The van der Waals surface area contributed by atoms with Gasteiger partial charge >= 0.3 is 5.97 Å². The van der Waals surface area contributed by atoms with Crippen molar-refractivity contribution in [1.29, 1.82) is 0 Å². The summed E-state index contributed by atoms with van der Waals surface area (Å²) in [7, 11) is 0. The summed E-state index contributed by atoms with van der Waals surface area (Å²) in [4.78, 5) is 26.5. The largest absolute Gasteiger partial charge is 0.493 e. The van der Waals surface area contributed by atoms with Crippen molar-refractivity contribution in [1.82, 2.24) is 9.78 Å². The SMILES string of the molecule is Cc1c(Br)ccc(OCCCC(=O)N2CCCc3c(-c4cnn(Cc5cccc(C(=O)O)c5)c4)cccc32)c1C. The summed E-state index contributed by atoms with van der Waals surface area (Å²) in [6, 6.07) is 17.0. The maximum absolute atomic E-state index is 13.3. The van der Waals surface area contributed by atoms with E-state index in [0.717, 1.165) is 62.1 Å². The molecule has 40 heavy (non-hydrogen) atoms. The van der Waals surface area contributed by atoms with E-state index in [1.54, 1.807) is 18.2 Å². The zero-order chi connectivity index (χ0) is 28.2. The minimum Gasteiger partial charge on any atom is -0.493 e. The van der Waals surface area contributed by atoms with E-state index in [4.69, 9.17) is 4.74 Å². The molecule has 0 spiro atoms. The fourth-order valence-corrected chi connectivity index (χ4v) is 5.62. The molecule has 0 atom stereocenters. The standard InChI is InChI=1S/C32H32BrN3O4/c1-21-22(2)30(14-13-28(21)33)40-16-6-12-31(37)36-15-5-10-27-26(9-4-11-29(27)36)25-18-34-35(20-25)19-23-7-3-8-24(17-23)32(38)39/h3-4,7-9,11,13-14,17-18,20H,5-6,10,12,15-16,19H2,1-2H3,(H,38,39). The van der Waals surface area contributed by atoms with Gasteiger partial charge in [-0.1, -0.05) is 40.2 Å². The number of carbonyl (C=O) groups excluding carboxylic acids is 1. The number of anilines is 1. The lowest BCUT2D eigenvalue weighted by atomic mass is 9.93. The number of aromatic carboxylic acids is 1. The van der Waals surface area contributed by atoms with Gasteiger partial charge in [-0.2, -0.15) is 5.10 Å². The monoisotopic (exact) mass is 601 g/mol. The average Bonchev–Trinajstić information content (AvgIpc) is 3.42. The number of carboxylic acids is 1. The normalized spacial score (nSPS) is 12.7. The molecule has 0 radical (unpaired) electrons. The van der Waals surface area contributed by atoms with Crippen LogP contribution in [0, 0.1) is 13.8 Å². The minimum absolute atomic E-state index is 0.111. The molecule has 1 aromatic heterocycles. The van der Waals surface area contributed by atoms with E-state index < -0.39 is 5.97 Å². The molecule has 0 unspecified atom stereocenters. The van der Waals surface area contributed by atoms with E-state index in [0.29, 0.717) is 32.5 Å². The first-order valence-electron chi connectivity index (χ1n) is 13.5. The Kier molecular flexibility index (Phi) is 8.35. The number of benzene rings is 3. The van der Waals surface area contributed by atoms with Crippen molar-refractivity contribution in [2.75, 3.05) is 18.1 Å². The van der Waals surface area contributed by atoms with Gasteiger partial charge in [0.25, 0.3) is 0 Å². The maximum atomic E-state index is 13.3. The molecule has 0 aliphatic carbocycles. The molecule has 1 aliphatic rings. The molecule has 1 N–H and O–H groups in total. The van der Waals surface area contributed by atoms with Crippen LogP contribution >= 0.6 is 15.9 Å².